The molecule has 1 N–H and O–H groups in total. The molecule has 0 heterocycles. The maximum Gasteiger partial charge on any atom is 0.338 e. The lowest BCUT2D eigenvalue weighted by Crippen LogP contribution is -2.05. The largest absolute Gasteiger partial charge is 0.489 e. The van der Waals surface area contributed by atoms with Crippen molar-refractivity contribution in [3.8, 4) is 5.75 Å². The SMILES string of the molecule is CCOC(=O)c1ccc(NCc2cccc(OCc3ccccc3C)c2)cc1. The molecule has 3 aromatic rings. The van der Waals surface area contributed by atoms with Crippen molar-refractivity contribution < 1.29 is 14.3 Å². The number of anilines is 1. The summed E-state index contributed by atoms with van der Waals surface area (Å²) in [6, 6.07) is 23.6. The molecule has 0 radical (unpaired) electrons. The van der Waals surface area contributed by atoms with E-state index in [-0.39, 0.29) is 5.97 Å². The second-order valence-corrected chi connectivity index (χ2v) is 6.51. The molecule has 0 unspecified atom stereocenters. The molecule has 0 aliphatic heterocycles. The van der Waals surface area contributed by atoms with Gasteiger partial charge in [0.15, 0.2) is 0 Å². The van der Waals surface area contributed by atoms with Crippen LogP contribution in [0.15, 0.2) is 72.8 Å². The van der Waals surface area contributed by atoms with Crippen LogP contribution in [0.25, 0.3) is 0 Å². The molecule has 28 heavy (non-hydrogen) atoms. The monoisotopic (exact) mass is 375 g/mol. The van der Waals surface area contributed by atoms with E-state index in [9.17, 15) is 4.79 Å². The summed E-state index contributed by atoms with van der Waals surface area (Å²) in [6.07, 6.45) is 0. The summed E-state index contributed by atoms with van der Waals surface area (Å²) in [5.41, 5.74) is 5.04. The normalized spacial score (nSPS) is 10.4. The number of carbonyl (C=O) groups excluding carboxylic acids is 1. The lowest BCUT2D eigenvalue weighted by atomic mass is 10.1. The number of esters is 1. The molecule has 3 rings (SSSR count). The van der Waals surface area contributed by atoms with E-state index in [1.807, 2.05) is 42.5 Å². The van der Waals surface area contributed by atoms with Crippen molar-refractivity contribution in [2.75, 3.05) is 11.9 Å². The molecular formula is C24H25NO3. The molecule has 0 aromatic heterocycles. The van der Waals surface area contributed by atoms with Gasteiger partial charge >= 0.3 is 5.97 Å². The van der Waals surface area contributed by atoms with Crippen LogP contribution >= 0.6 is 0 Å². The Morgan fingerprint density at radius 3 is 2.50 bits per heavy atom. The van der Waals surface area contributed by atoms with Crippen LogP contribution in [0.4, 0.5) is 5.69 Å². The van der Waals surface area contributed by atoms with Crippen molar-refractivity contribution in [3.63, 3.8) is 0 Å². The van der Waals surface area contributed by atoms with E-state index in [0.717, 1.165) is 17.0 Å². The zero-order chi connectivity index (χ0) is 19.8. The molecule has 0 bridgehead atoms. The van der Waals surface area contributed by atoms with Gasteiger partial charge in [-0.25, -0.2) is 4.79 Å². The number of benzene rings is 3. The third-order valence-electron chi connectivity index (χ3n) is 4.45. The van der Waals surface area contributed by atoms with Crippen LogP contribution in [0.5, 0.6) is 5.75 Å². The van der Waals surface area contributed by atoms with Gasteiger partial charge in [0.2, 0.25) is 0 Å². The number of hydrogen-bond donors (Lipinski definition) is 1. The summed E-state index contributed by atoms with van der Waals surface area (Å²) < 4.78 is 11.0. The van der Waals surface area contributed by atoms with Gasteiger partial charge in [-0.2, -0.15) is 0 Å². The third kappa shape index (κ3) is 5.36. The van der Waals surface area contributed by atoms with E-state index in [4.69, 9.17) is 9.47 Å². The first kappa shape index (κ1) is 19.5. The van der Waals surface area contributed by atoms with Gasteiger partial charge in [-0.1, -0.05) is 36.4 Å². The quantitative estimate of drug-likeness (QED) is 0.538. The number of ether oxygens (including phenoxy) is 2. The fourth-order valence-electron chi connectivity index (χ4n) is 2.82. The average molecular weight is 375 g/mol. The zero-order valence-electron chi connectivity index (χ0n) is 16.3. The average Bonchev–Trinajstić information content (AvgIpc) is 2.72. The van der Waals surface area contributed by atoms with E-state index in [2.05, 4.69) is 30.4 Å². The van der Waals surface area contributed by atoms with Crippen LogP contribution in [0, 0.1) is 6.92 Å². The van der Waals surface area contributed by atoms with Crippen molar-refractivity contribution in [2.24, 2.45) is 0 Å². The summed E-state index contributed by atoms with van der Waals surface area (Å²) in [6.45, 7) is 5.49. The highest BCUT2D eigenvalue weighted by Gasteiger charge is 2.06. The first-order chi connectivity index (χ1) is 13.7. The van der Waals surface area contributed by atoms with Crippen LogP contribution < -0.4 is 10.1 Å². The summed E-state index contributed by atoms with van der Waals surface area (Å²) >= 11 is 0. The standard InChI is InChI=1S/C24H25NO3/c1-3-27-24(26)20-11-13-22(14-12-20)25-16-19-8-6-10-23(15-19)28-17-21-9-5-4-7-18(21)2/h4-15,25H,3,16-17H2,1-2H3. The van der Waals surface area contributed by atoms with E-state index >= 15 is 0 Å². The van der Waals surface area contributed by atoms with Gasteiger partial charge < -0.3 is 14.8 Å². The highest BCUT2D eigenvalue weighted by molar-refractivity contribution is 5.89. The molecular weight excluding hydrogens is 350 g/mol. The number of aryl methyl sites for hydroxylation is 1. The predicted molar refractivity (Wildman–Crippen MR) is 112 cm³/mol. The molecule has 0 saturated carbocycles. The van der Waals surface area contributed by atoms with Gasteiger partial charge in [-0.15, -0.1) is 0 Å². The Labute approximate surface area is 166 Å². The first-order valence-corrected chi connectivity index (χ1v) is 9.43. The molecule has 0 saturated heterocycles. The Bertz CT molecular complexity index is 919. The van der Waals surface area contributed by atoms with Crippen LogP contribution in [0.1, 0.15) is 34.0 Å². The van der Waals surface area contributed by atoms with Crippen molar-refractivity contribution in [1.29, 1.82) is 0 Å². The summed E-state index contributed by atoms with van der Waals surface area (Å²) in [5.74, 6) is 0.549. The molecule has 144 valence electrons. The fourth-order valence-corrected chi connectivity index (χ4v) is 2.82. The summed E-state index contributed by atoms with van der Waals surface area (Å²) in [7, 11) is 0. The lowest BCUT2D eigenvalue weighted by molar-refractivity contribution is 0.0526. The van der Waals surface area contributed by atoms with Crippen molar-refractivity contribution in [1.82, 2.24) is 0 Å². The second-order valence-electron chi connectivity index (χ2n) is 6.51. The summed E-state index contributed by atoms with van der Waals surface area (Å²) in [4.78, 5) is 11.7. The van der Waals surface area contributed by atoms with E-state index < -0.39 is 0 Å². The maximum absolute atomic E-state index is 11.7. The predicted octanol–water partition coefficient (Wildman–Crippen LogP) is 5.36. The lowest BCUT2D eigenvalue weighted by Gasteiger charge is -2.11. The Morgan fingerprint density at radius 2 is 1.75 bits per heavy atom. The minimum absolute atomic E-state index is 0.299. The third-order valence-corrected chi connectivity index (χ3v) is 4.45. The molecule has 0 amide bonds. The van der Waals surface area contributed by atoms with Gasteiger partial charge in [-0.3, -0.25) is 0 Å². The Balaban J connectivity index is 1.56. The maximum atomic E-state index is 11.7. The van der Waals surface area contributed by atoms with Gasteiger partial charge in [-0.05, 0) is 66.9 Å². The first-order valence-electron chi connectivity index (χ1n) is 9.43. The molecule has 0 aliphatic carbocycles. The minimum Gasteiger partial charge on any atom is -0.489 e. The van der Waals surface area contributed by atoms with Crippen LogP contribution in [-0.4, -0.2) is 12.6 Å². The fraction of sp³-hybridized carbons (Fsp3) is 0.208. The van der Waals surface area contributed by atoms with Gasteiger partial charge in [0.1, 0.15) is 12.4 Å². The van der Waals surface area contributed by atoms with Crippen LogP contribution in [0.2, 0.25) is 0 Å². The molecule has 3 aromatic carbocycles. The van der Waals surface area contributed by atoms with Crippen LogP contribution in [-0.2, 0) is 17.9 Å². The molecule has 0 fully saturated rings. The highest BCUT2D eigenvalue weighted by atomic mass is 16.5. The van der Waals surface area contributed by atoms with Crippen LogP contribution in [0.3, 0.4) is 0 Å². The zero-order valence-corrected chi connectivity index (χ0v) is 16.3. The number of rotatable bonds is 8. The molecule has 4 nitrogen and oxygen atoms in total. The van der Waals surface area contributed by atoms with E-state index in [1.165, 1.54) is 11.1 Å². The van der Waals surface area contributed by atoms with Crippen molar-refractivity contribution in [3.05, 3.63) is 95.1 Å². The Kier molecular flexibility index (Phi) is 6.68. The van der Waals surface area contributed by atoms with E-state index in [1.54, 1.807) is 19.1 Å². The molecule has 0 atom stereocenters. The number of hydrogen-bond acceptors (Lipinski definition) is 4. The summed E-state index contributed by atoms with van der Waals surface area (Å²) in [5, 5.41) is 3.36. The van der Waals surface area contributed by atoms with Gasteiger partial charge in [0.05, 0.1) is 12.2 Å². The van der Waals surface area contributed by atoms with Crippen molar-refractivity contribution >= 4 is 11.7 Å². The highest BCUT2D eigenvalue weighted by Crippen LogP contribution is 2.18. The van der Waals surface area contributed by atoms with Gasteiger partial charge in [0, 0.05) is 12.2 Å². The number of nitrogens with one attached hydrogen (secondary N) is 1. The molecule has 0 spiro atoms. The van der Waals surface area contributed by atoms with Gasteiger partial charge in [0.25, 0.3) is 0 Å². The molecule has 0 aliphatic rings. The minimum atomic E-state index is -0.299. The number of carbonyl (C=O) groups is 1. The van der Waals surface area contributed by atoms with Crippen molar-refractivity contribution in [2.45, 2.75) is 27.0 Å². The second kappa shape index (κ2) is 9.60. The topological polar surface area (TPSA) is 47.6 Å². The Morgan fingerprint density at radius 1 is 0.964 bits per heavy atom. The Hall–Kier alpha value is -3.27. The van der Waals surface area contributed by atoms with E-state index in [0.29, 0.717) is 25.3 Å². The smallest absolute Gasteiger partial charge is 0.338 e. The molecule has 4 heteroatoms.